The van der Waals surface area contributed by atoms with Crippen LogP contribution in [-0.2, 0) is 6.42 Å². The van der Waals surface area contributed by atoms with Crippen LogP contribution in [0.1, 0.15) is 56.1 Å². The molecule has 1 fully saturated rings. The second-order valence-electron chi connectivity index (χ2n) is 7.96. The highest BCUT2D eigenvalue weighted by Crippen LogP contribution is 2.58. The Labute approximate surface area is 143 Å². The first-order valence-corrected chi connectivity index (χ1v) is 9.12. The average molecular weight is 323 g/mol. The van der Waals surface area contributed by atoms with E-state index in [0.717, 1.165) is 18.3 Å². The summed E-state index contributed by atoms with van der Waals surface area (Å²) in [5.41, 5.74) is 3.34. The summed E-state index contributed by atoms with van der Waals surface area (Å²) in [4.78, 5) is 0. The van der Waals surface area contributed by atoms with E-state index in [4.69, 9.17) is 10.00 Å². The third kappa shape index (κ3) is 2.54. The van der Waals surface area contributed by atoms with Crippen molar-refractivity contribution in [3.63, 3.8) is 0 Å². The molecule has 1 aromatic carbocycles. The summed E-state index contributed by atoms with van der Waals surface area (Å²) in [6, 6.07) is 8.16. The molecule has 24 heavy (non-hydrogen) atoms. The standard InChI is InChI=1S/C21H25NO2/c1-21-10-2-3-19(21)18-6-4-14-13-15(24-20(23)9-12-22)5-7-16(14)17(18)8-11-21/h2-3,5,7,13,17-20,23H,4,6,8-11H2,1H3/t17-,18-,19+,20?,21?/m1/s1. The van der Waals surface area contributed by atoms with Crippen LogP contribution >= 0.6 is 0 Å². The lowest BCUT2D eigenvalue weighted by Gasteiger charge is -2.49. The predicted molar refractivity (Wildman–Crippen MR) is 92.4 cm³/mol. The Hall–Kier alpha value is -1.79. The molecule has 1 aromatic rings. The molecule has 3 nitrogen and oxygen atoms in total. The number of aliphatic hydroxyl groups excluding tert-OH is 1. The number of benzene rings is 1. The summed E-state index contributed by atoms with van der Waals surface area (Å²) >= 11 is 0. The maximum Gasteiger partial charge on any atom is 0.210 e. The molecule has 0 amide bonds. The molecular formula is C21H25NO2. The Morgan fingerprint density at radius 1 is 1.42 bits per heavy atom. The van der Waals surface area contributed by atoms with Gasteiger partial charge in [-0.25, -0.2) is 0 Å². The molecule has 2 unspecified atom stereocenters. The number of rotatable bonds is 3. The van der Waals surface area contributed by atoms with Crippen molar-refractivity contribution in [3.05, 3.63) is 41.5 Å². The Morgan fingerprint density at radius 2 is 2.29 bits per heavy atom. The van der Waals surface area contributed by atoms with E-state index < -0.39 is 6.29 Å². The minimum absolute atomic E-state index is 0.00557. The van der Waals surface area contributed by atoms with E-state index in [1.807, 2.05) is 12.1 Å². The van der Waals surface area contributed by atoms with Crippen molar-refractivity contribution in [1.29, 1.82) is 5.26 Å². The van der Waals surface area contributed by atoms with Gasteiger partial charge in [-0.2, -0.15) is 5.26 Å². The molecule has 0 bridgehead atoms. The molecule has 1 saturated carbocycles. The molecule has 3 aliphatic rings. The summed E-state index contributed by atoms with van der Waals surface area (Å²) in [6.07, 6.45) is 10.0. The van der Waals surface area contributed by atoms with Gasteiger partial charge in [-0.3, -0.25) is 0 Å². The van der Waals surface area contributed by atoms with Gasteiger partial charge in [0.2, 0.25) is 6.29 Å². The minimum atomic E-state index is -1.04. The van der Waals surface area contributed by atoms with Crippen LogP contribution in [0.25, 0.3) is 0 Å². The zero-order chi connectivity index (χ0) is 16.7. The highest BCUT2D eigenvalue weighted by atomic mass is 16.6. The first kappa shape index (κ1) is 15.7. The van der Waals surface area contributed by atoms with Crippen molar-refractivity contribution in [2.75, 3.05) is 0 Å². The molecule has 1 N–H and O–H groups in total. The lowest BCUT2D eigenvalue weighted by atomic mass is 9.56. The minimum Gasteiger partial charge on any atom is -0.464 e. The lowest BCUT2D eigenvalue weighted by molar-refractivity contribution is -0.0125. The van der Waals surface area contributed by atoms with E-state index in [-0.39, 0.29) is 6.42 Å². The fourth-order valence-corrected chi connectivity index (χ4v) is 5.33. The Morgan fingerprint density at radius 3 is 3.12 bits per heavy atom. The van der Waals surface area contributed by atoms with Crippen molar-refractivity contribution in [1.82, 2.24) is 0 Å². The first-order chi connectivity index (χ1) is 11.6. The van der Waals surface area contributed by atoms with Crippen molar-refractivity contribution in [2.24, 2.45) is 17.3 Å². The smallest absolute Gasteiger partial charge is 0.210 e. The Kier molecular flexibility index (Phi) is 3.89. The van der Waals surface area contributed by atoms with Gasteiger partial charge in [0.05, 0.1) is 12.5 Å². The molecule has 0 saturated heterocycles. The topological polar surface area (TPSA) is 53.2 Å². The van der Waals surface area contributed by atoms with Crippen LogP contribution in [-0.4, -0.2) is 11.4 Å². The third-order valence-electron chi connectivity index (χ3n) is 6.54. The molecule has 0 radical (unpaired) electrons. The van der Waals surface area contributed by atoms with Crippen molar-refractivity contribution in [3.8, 4) is 11.8 Å². The summed E-state index contributed by atoms with van der Waals surface area (Å²) in [5.74, 6) is 2.84. The number of hydrogen-bond acceptors (Lipinski definition) is 3. The third-order valence-corrected chi connectivity index (χ3v) is 6.54. The molecule has 126 valence electrons. The second-order valence-corrected chi connectivity index (χ2v) is 7.96. The van der Waals surface area contributed by atoms with Crippen LogP contribution in [0.5, 0.6) is 5.75 Å². The van der Waals surface area contributed by atoms with E-state index in [9.17, 15) is 5.11 Å². The van der Waals surface area contributed by atoms with Crippen molar-refractivity contribution in [2.45, 2.75) is 57.7 Å². The summed E-state index contributed by atoms with van der Waals surface area (Å²) in [6.45, 7) is 2.47. The molecule has 4 rings (SSSR count). The number of allylic oxidation sites excluding steroid dienone is 2. The summed E-state index contributed by atoms with van der Waals surface area (Å²) in [7, 11) is 0. The van der Waals surface area contributed by atoms with Gasteiger partial charge in [-0.15, -0.1) is 0 Å². The molecule has 3 aliphatic carbocycles. The van der Waals surface area contributed by atoms with E-state index in [1.54, 1.807) is 0 Å². The number of nitrogens with zero attached hydrogens (tertiary/aromatic N) is 1. The lowest BCUT2D eigenvalue weighted by Crippen LogP contribution is -2.39. The number of hydrogen-bond donors (Lipinski definition) is 1. The van der Waals surface area contributed by atoms with Gasteiger partial charge in [-0.05, 0) is 78.5 Å². The van der Waals surface area contributed by atoms with Gasteiger partial charge >= 0.3 is 0 Å². The van der Waals surface area contributed by atoms with E-state index in [0.29, 0.717) is 17.1 Å². The van der Waals surface area contributed by atoms with Crippen LogP contribution in [0.2, 0.25) is 0 Å². The molecular weight excluding hydrogens is 298 g/mol. The number of aryl methyl sites for hydroxylation is 1. The fourth-order valence-electron chi connectivity index (χ4n) is 5.33. The normalized spacial score (nSPS) is 34.6. The van der Waals surface area contributed by atoms with Crippen LogP contribution in [0.4, 0.5) is 0 Å². The van der Waals surface area contributed by atoms with Gasteiger partial charge in [0.25, 0.3) is 0 Å². The van der Waals surface area contributed by atoms with Gasteiger partial charge in [0.15, 0.2) is 0 Å². The van der Waals surface area contributed by atoms with Gasteiger partial charge in [0, 0.05) is 0 Å². The summed E-state index contributed by atoms with van der Waals surface area (Å²) < 4.78 is 5.46. The van der Waals surface area contributed by atoms with Crippen molar-refractivity contribution < 1.29 is 9.84 Å². The highest BCUT2D eigenvalue weighted by Gasteiger charge is 2.48. The predicted octanol–water partition coefficient (Wildman–Crippen LogP) is 4.32. The SMILES string of the molecule is CC12CC=C[C@H]1[C@@H]1CCc3cc(OC(O)CC#N)ccc3[C@H]1CC2. The van der Waals surface area contributed by atoms with Crippen LogP contribution in [0.3, 0.4) is 0 Å². The first-order valence-electron chi connectivity index (χ1n) is 9.12. The molecule has 0 aliphatic heterocycles. The van der Waals surface area contributed by atoms with Gasteiger partial charge < -0.3 is 9.84 Å². The molecule has 5 atom stereocenters. The van der Waals surface area contributed by atoms with Crippen LogP contribution in [0, 0.1) is 28.6 Å². The largest absolute Gasteiger partial charge is 0.464 e. The van der Waals surface area contributed by atoms with Gasteiger partial charge in [-0.1, -0.05) is 25.1 Å². The maximum atomic E-state index is 9.67. The van der Waals surface area contributed by atoms with E-state index in [2.05, 4.69) is 31.2 Å². The second kappa shape index (κ2) is 5.93. The van der Waals surface area contributed by atoms with Crippen LogP contribution < -0.4 is 4.74 Å². The molecule has 3 heteroatoms. The van der Waals surface area contributed by atoms with Gasteiger partial charge in [0.1, 0.15) is 5.75 Å². The monoisotopic (exact) mass is 323 g/mol. The molecule has 0 aromatic heterocycles. The molecule has 0 spiro atoms. The van der Waals surface area contributed by atoms with E-state index >= 15 is 0 Å². The maximum absolute atomic E-state index is 9.67. The number of ether oxygens (including phenoxy) is 1. The quantitative estimate of drug-likeness (QED) is 0.666. The van der Waals surface area contributed by atoms with Crippen LogP contribution in [0.15, 0.2) is 30.4 Å². The fraction of sp³-hybridized carbons (Fsp3) is 0.571. The highest BCUT2D eigenvalue weighted by molar-refractivity contribution is 5.41. The molecule has 0 heterocycles. The zero-order valence-electron chi connectivity index (χ0n) is 14.2. The summed E-state index contributed by atoms with van der Waals surface area (Å²) in [5, 5.41) is 18.3. The van der Waals surface area contributed by atoms with E-state index in [1.165, 1.54) is 36.8 Å². The number of nitriles is 1. The Bertz CT molecular complexity index is 704. The average Bonchev–Trinajstić information content (AvgIpc) is 2.96. The number of fused-ring (bicyclic) bond motifs is 5. The number of aliphatic hydroxyl groups is 1. The Balaban J connectivity index is 1.57. The van der Waals surface area contributed by atoms with Crippen molar-refractivity contribution >= 4 is 0 Å². The zero-order valence-corrected chi connectivity index (χ0v) is 14.2.